The Morgan fingerprint density at radius 2 is 2.00 bits per heavy atom. The number of amides is 1. The summed E-state index contributed by atoms with van der Waals surface area (Å²) in [6.45, 7) is 7.59. The molecule has 196 valence electrons. The van der Waals surface area contributed by atoms with Gasteiger partial charge in [-0.05, 0) is 63.8 Å². The van der Waals surface area contributed by atoms with Crippen molar-refractivity contribution < 1.29 is 9.53 Å². The number of nitrogens with zero attached hydrogens (tertiary/aromatic N) is 8. The molecule has 10 heteroatoms. The molecule has 0 bridgehead atoms. The maximum absolute atomic E-state index is 12.4. The lowest BCUT2D eigenvalue weighted by atomic mass is 10.0. The third-order valence-corrected chi connectivity index (χ3v) is 7.04. The van der Waals surface area contributed by atoms with Crippen molar-refractivity contribution in [3.05, 3.63) is 70.9 Å². The van der Waals surface area contributed by atoms with Crippen molar-refractivity contribution in [2.75, 3.05) is 13.1 Å². The molecule has 1 amide bonds. The zero-order valence-corrected chi connectivity index (χ0v) is 22.0. The average molecular weight is 513 g/mol. The van der Waals surface area contributed by atoms with E-state index < -0.39 is 5.60 Å². The fraction of sp³-hybridized carbons (Fsp3) is 0.429. The fourth-order valence-electron chi connectivity index (χ4n) is 5.09. The van der Waals surface area contributed by atoms with Crippen LogP contribution in [-0.4, -0.2) is 59.4 Å². The number of hydrogen-bond donors (Lipinski definition) is 0. The Labute approximate surface area is 220 Å². The summed E-state index contributed by atoms with van der Waals surface area (Å²) in [5.41, 5.74) is 3.49. The monoisotopic (exact) mass is 512 g/mol. The topological polar surface area (TPSA) is 103 Å². The van der Waals surface area contributed by atoms with E-state index in [4.69, 9.17) is 9.73 Å². The van der Waals surface area contributed by atoms with Crippen LogP contribution in [0.1, 0.15) is 63.2 Å². The van der Waals surface area contributed by atoms with Crippen molar-refractivity contribution >= 4 is 23.1 Å². The number of carbonyl (C=O) groups excluding carboxylic acids is 1. The second-order valence-electron chi connectivity index (χ2n) is 11.0. The zero-order valence-electron chi connectivity index (χ0n) is 22.0. The number of aromatic nitrogens is 6. The van der Waals surface area contributed by atoms with E-state index in [1.807, 2.05) is 48.5 Å². The Morgan fingerprint density at radius 1 is 1.16 bits per heavy atom. The highest BCUT2D eigenvalue weighted by molar-refractivity contribution is 5.78. The largest absolute Gasteiger partial charge is 0.444 e. The van der Waals surface area contributed by atoms with E-state index in [9.17, 15) is 4.79 Å². The SMILES string of the molecule is CC(C)(C)OC(=O)N1CCC(n2cc(C3CC=c4nnn(Cc5ccc6ncccc6c5)c4=N3)cn2)CC1. The van der Waals surface area contributed by atoms with E-state index >= 15 is 0 Å². The first kappa shape index (κ1) is 24.3. The molecule has 0 radical (unpaired) electrons. The second kappa shape index (κ2) is 9.66. The summed E-state index contributed by atoms with van der Waals surface area (Å²) in [6, 6.07) is 10.5. The molecule has 3 aromatic heterocycles. The van der Waals surface area contributed by atoms with E-state index in [2.05, 4.69) is 50.9 Å². The van der Waals surface area contributed by atoms with E-state index in [1.54, 1.807) is 11.1 Å². The van der Waals surface area contributed by atoms with Gasteiger partial charge in [0.05, 0.1) is 30.3 Å². The van der Waals surface area contributed by atoms with Crippen LogP contribution < -0.4 is 10.8 Å². The molecule has 1 unspecified atom stereocenters. The zero-order chi connectivity index (χ0) is 26.3. The second-order valence-corrected chi connectivity index (χ2v) is 11.0. The third-order valence-electron chi connectivity index (χ3n) is 7.04. The van der Waals surface area contributed by atoms with Gasteiger partial charge in [0, 0.05) is 36.4 Å². The van der Waals surface area contributed by atoms with Crippen LogP contribution in [0.25, 0.3) is 17.0 Å². The van der Waals surface area contributed by atoms with Crippen LogP contribution >= 0.6 is 0 Å². The highest BCUT2D eigenvalue weighted by Crippen LogP contribution is 2.27. The molecule has 2 aliphatic rings. The van der Waals surface area contributed by atoms with Crippen LogP contribution in [0.5, 0.6) is 0 Å². The summed E-state index contributed by atoms with van der Waals surface area (Å²) < 4.78 is 9.42. The maximum atomic E-state index is 12.4. The Bertz CT molecular complexity index is 1590. The molecule has 1 fully saturated rings. The van der Waals surface area contributed by atoms with E-state index in [0.717, 1.165) is 52.1 Å². The quantitative estimate of drug-likeness (QED) is 0.416. The van der Waals surface area contributed by atoms with Crippen LogP contribution in [0.15, 0.2) is 53.9 Å². The predicted octanol–water partition coefficient (Wildman–Crippen LogP) is 3.19. The van der Waals surface area contributed by atoms with E-state index in [1.165, 1.54) is 0 Å². The van der Waals surface area contributed by atoms with Crippen molar-refractivity contribution in [3.8, 4) is 0 Å². The van der Waals surface area contributed by atoms with Crippen molar-refractivity contribution in [1.82, 2.24) is 34.7 Å². The molecule has 1 saturated heterocycles. The number of carbonyl (C=O) groups is 1. The van der Waals surface area contributed by atoms with Crippen LogP contribution in [0.2, 0.25) is 0 Å². The molecular weight excluding hydrogens is 480 g/mol. The predicted molar refractivity (Wildman–Crippen MR) is 142 cm³/mol. The molecule has 0 spiro atoms. The van der Waals surface area contributed by atoms with Gasteiger partial charge >= 0.3 is 6.09 Å². The lowest BCUT2D eigenvalue weighted by Gasteiger charge is -2.33. The van der Waals surface area contributed by atoms with Crippen LogP contribution in [-0.2, 0) is 11.3 Å². The van der Waals surface area contributed by atoms with Gasteiger partial charge in [-0.15, -0.1) is 5.10 Å². The highest BCUT2D eigenvalue weighted by Gasteiger charge is 2.28. The smallest absolute Gasteiger partial charge is 0.410 e. The molecule has 2 aliphatic heterocycles. The van der Waals surface area contributed by atoms with Gasteiger partial charge in [-0.3, -0.25) is 14.7 Å². The summed E-state index contributed by atoms with van der Waals surface area (Å²) in [4.78, 5) is 23.6. The summed E-state index contributed by atoms with van der Waals surface area (Å²) >= 11 is 0. The number of likely N-dealkylation sites (tertiary alicyclic amines) is 1. The number of hydrogen-bond acceptors (Lipinski definition) is 7. The fourth-order valence-corrected chi connectivity index (χ4v) is 5.09. The highest BCUT2D eigenvalue weighted by atomic mass is 16.6. The Balaban J connectivity index is 1.15. The first-order chi connectivity index (χ1) is 18.3. The molecule has 1 atom stereocenters. The number of ether oxygens (including phenoxy) is 1. The molecule has 1 aromatic carbocycles. The van der Waals surface area contributed by atoms with Crippen LogP contribution in [0.3, 0.4) is 0 Å². The first-order valence-electron chi connectivity index (χ1n) is 13.2. The van der Waals surface area contributed by atoms with Gasteiger partial charge < -0.3 is 9.64 Å². The normalized spacial score (nSPS) is 18.1. The van der Waals surface area contributed by atoms with Crippen molar-refractivity contribution in [2.24, 2.45) is 4.99 Å². The molecule has 0 saturated carbocycles. The van der Waals surface area contributed by atoms with Gasteiger partial charge in [-0.25, -0.2) is 9.48 Å². The Morgan fingerprint density at radius 3 is 2.82 bits per heavy atom. The first-order valence-corrected chi connectivity index (χ1v) is 13.2. The van der Waals surface area contributed by atoms with Crippen molar-refractivity contribution in [3.63, 3.8) is 0 Å². The number of piperidine rings is 1. The Kier molecular flexibility index (Phi) is 6.17. The van der Waals surface area contributed by atoms with Gasteiger partial charge in [-0.1, -0.05) is 23.4 Å². The maximum Gasteiger partial charge on any atom is 0.410 e. The van der Waals surface area contributed by atoms with E-state index in [0.29, 0.717) is 19.6 Å². The van der Waals surface area contributed by atoms with E-state index in [-0.39, 0.29) is 18.2 Å². The lowest BCUT2D eigenvalue weighted by molar-refractivity contribution is 0.0184. The summed E-state index contributed by atoms with van der Waals surface area (Å²) in [5.74, 6) is 0. The number of pyridine rings is 1. The Hall–Kier alpha value is -4.08. The molecule has 38 heavy (non-hydrogen) atoms. The molecule has 5 heterocycles. The lowest BCUT2D eigenvalue weighted by Crippen LogP contribution is -2.42. The minimum absolute atomic E-state index is 0.0313. The van der Waals surface area contributed by atoms with Gasteiger partial charge in [0.2, 0.25) is 0 Å². The average Bonchev–Trinajstić information content (AvgIpc) is 3.55. The molecule has 6 rings (SSSR count). The van der Waals surface area contributed by atoms with Crippen molar-refractivity contribution in [1.29, 1.82) is 0 Å². The standard InChI is InChI=1S/C28H32N8O2/c1-28(2,3)38-27(37)34-13-10-22(11-14-34)35-18-21(16-30-35)24-8-9-25-26(31-24)36(33-32-25)17-19-6-7-23-20(15-19)5-4-12-29-23/h4-7,9,12,15-16,18,22,24H,8,10-11,13-14,17H2,1-3H3. The van der Waals surface area contributed by atoms with Crippen LogP contribution in [0, 0.1) is 0 Å². The molecule has 0 N–H and O–H groups in total. The molecule has 10 nitrogen and oxygen atoms in total. The minimum atomic E-state index is -0.483. The van der Waals surface area contributed by atoms with Gasteiger partial charge in [0.15, 0.2) is 5.49 Å². The molecule has 0 aliphatic carbocycles. The third kappa shape index (κ3) is 5.03. The van der Waals surface area contributed by atoms with Gasteiger partial charge in [-0.2, -0.15) is 5.10 Å². The number of fused-ring (bicyclic) bond motifs is 2. The van der Waals surface area contributed by atoms with Gasteiger partial charge in [0.1, 0.15) is 11.0 Å². The molecule has 4 aromatic rings. The summed E-state index contributed by atoms with van der Waals surface area (Å²) in [5, 5.41) is 15.3. The minimum Gasteiger partial charge on any atom is -0.444 e. The van der Waals surface area contributed by atoms with Crippen LogP contribution in [0.4, 0.5) is 4.79 Å². The summed E-state index contributed by atoms with van der Waals surface area (Å²) in [7, 11) is 0. The van der Waals surface area contributed by atoms with Gasteiger partial charge in [0.25, 0.3) is 0 Å². The van der Waals surface area contributed by atoms with Crippen molar-refractivity contribution in [2.45, 2.75) is 64.3 Å². The summed E-state index contributed by atoms with van der Waals surface area (Å²) in [6.07, 6.45) is 10.1. The molecular formula is C28H32N8O2. The number of rotatable bonds is 4. The number of benzene rings is 1.